The maximum Gasteiger partial charge on any atom is 0.341 e. The van der Waals surface area contributed by atoms with Crippen LogP contribution in [0.5, 0.6) is 0 Å². The van der Waals surface area contributed by atoms with E-state index in [1.165, 1.54) is 12.0 Å². The Balaban J connectivity index is 2.27. The molecule has 0 aliphatic rings. The van der Waals surface area contributed by atoms with Crippen LogP contribution in [0.2, 0.25) is 0 Å². The maximum absolute atomic E-state index is 12.7. The number of rotatable bonds is 7. The number of methoxy groups -OCH3 is 1. The van der Waals surface area contributed by atoms with Gasteiger partial charge in [0.1, 0.15) is 6.54 Å². The summed E-state index contributed by atoms with van der Waals surface area (Å²) in [5.41, 5.74) is 0.828. The minimum atomic E-state index is -4.74. The second-order valence-electron chi connectivity index (χ2n) is 5.55. The van der Waals surface area contributed by atoms with E-state index in [4.69, 9.17) is 0 Å². The van der Waals surface area contributed by atoms with Crippen LogP contribution in [0, 0.1) is 0 Å². The van der Waals surface area contributed by atoms with Gasteiger partial charge in [-0.2, -0.15) is 8.78 Å². The molecule has 0 aliphatic heterocycles. The molecular formula is C18H17F2NO5S. The van der Waals surface area contributed by atoms with Gasteiger partial charge in [-0.25, -0.2) is 8.42 Å². The molecule has 144 valence electrons. The van der Waals surface area contributed by atoms with Crippen molar-refractivity contribution >= 4 is 21.7 Å². The molecule has 6 nitrogen and oxygen atoms in total. The Kier molecular flexibility index (Phi) is 6.62. The Hall–Kier alpha value is -2.81. The van der Waals surface area contributed by atoms with Crippen LogP contribution in [-0.4, -0.2) is 44.6 Å². The molecular weight excluding hydrogens is 380 g/mol. The molecule has 0 spiro atoms. The average Bonchev–Trinajstić information content (AvgIpc) is 2.67. The number of nitrogens with zero attached hydrogens (tertiary/aromatic N) is 1. The molecule has 0 heterocycles. The number of alkyl halides is 2. The van der Waals surface area contributed by atoms with Crippen LogP contribution in [0.3, 0.4) is 0 Å². The molecule has 0 bridgehead atoms. The number of carbonyl (C=O) groups excluding carboxylic acids is 2. The third-order valence-corrected chi connectivity index (χ3v) is 5.11. The molecule has 0 aliphatic carbocycles. The van der Waals surface area contributed by atoms with Crippen LogP contribution < -0.4 is 0 Å². The van der Waals surface area contributed by atoms with Gasteiger partial charge in [-0.05, 0) is 29.8 Å². The molecule has 2 aromatic rings. The van der Waals surface area contributed by atoms with E-state index in [1.807, 2.05) is 0 Å². The van der Waals surface area contributed by atoms with Gasteiger partial charge in [0, 0.05) is 12.1 Å². The average molecular weight is 397 g/mol. The van der Waals surface area contributed by atoms with Crippen LogP contribution in [-0.2, 0) is 25.9 Å². The smallest absolute Gasteiger partial charge is 0.341 e. The Morgan fingerprint density at radius 2 is 1.63 bits per heavy atom. The van der Waals surface area contributed by atoms with Crippen LogP contribution in [0.1, 0.15) is 15.9 Å². The number of benzene rings is 2. The fourth-order valence-electron chi connectivity index (χ4n) is 2.30. The normalized spacial score (nSPS) is 11.3. The first-order chi connectivity index (χ1) is 12.8. The van der Waals surface area contributed by atoms with E-state index in [1.54, 1.807) is 30.3 Å². The van der Waals surface area contributed by atoms with Crippen molar-refractivity contribution in [3.63, 3.8) is 0 Å². The molecule has 2 rings (SSSR count). The van der Waals surface area contributed by atoms with Crippen molar-refractivity contribution in [2.45, 2.75) is 17.2 Å². The summed E-state index contributed by atoms with van der Waals surface area (Å²) < 4.78 is 52.7. The highest BCUT2D eigenvalue weighted by molar-refractivity contribution is 7.91. The molecule has 0 saturated heterocycles. The molecule has 0 N–H and O–H groups in total. The summed E-state index contributed by atoms with van der Waals surface area (Å²) >= 11 is 0. The topological polar surface area (TPSA) is 80.8 Å². The van der Waals surface area contributed by atoms with Crippen molar-refractivity contribution in [2.24, 2.45) is 0 Å². The van der Waals surface area contributed by atoms with E-state index >= 15 is 0 Å². The van der Waals surface area contributed by atoms with Gasteiger partial charge in [0.05, 0.1) is 12.0 Å². The van der Waals surface area contributed by atoms with Gasteiger partial charge in [-0.15, -0.1) is 0 Å². The predicted octanol–water partition coefficient (Wildman–Crippen LogP) is 2.50. The lowest BCUT2D eigenvalue weighted by atomic mass is 10.1. The molecule has 9 heteroatoms. The van der Waals surface area contributed by atoms with Crippen LogP contribution in [0.15, 0.2) is 59.5 Å². The zero-order valence-electron chi connectivity index (χ0n) is 14.3. The zero-order valence-corrected chi connectivity index (χ0v) is 15.2. The molecule has 0 aromatic heterocycles. The zero-order chi connectivity index (χ0) is 20.0. The van der Waals surface area contributed by atoms with Crippen molar-refractivity contribution in [1.82, 2.24) is 4.90 Å². The minimum Gasteiger partial charge on any atom is -0.468 e. The summed E-state index contributed by atoms with van der Waals surface area (Å²) in [6, 6.07) is 13.0. The third-order valence-electron chi connectivity index (χ3n) is 3.72. The number of sulfone groups is 1. The highest BCUT2D eigenvalue weighted by Gasteiger charge is 2.27. The summed E-state index contributed by atoms with van der Waals surface area (Å²) in [5, 5.41) is 0. The first-order valence-electron chi connectivity index (χ1n) is 7.78. The largest absolute Gasteiger partial charge is 0.468 e. The standard InChI is InChI=1S/C18H17F2NO5S/c1-26-16(22)12-21(11-13-5-3-2-4-6-13)17(23)14-7-9-15(10-8-14)27(24,25)18(19)20/h2-10,18H,11-12H2,1H3. The van der Waals surface area contributed by atoms with Gasteiger partial charge in [0.25, 0.3) is 5.91 Å². The molecule has 2 aromatic carbocycles. The van der Waals surface area contributed by atoms with Crippen molar-refractivity contribution < 1.29 is 31.5 Å². The highest BCUT2D eigenvalue weighted by Crippen LogP contribution is 2.19. The Morgan fingerprint density at radius 3 is 2.15 bits per heavy atom. The molecule has 0 fully saturated rings. The molecule has 1 amide bonds. The van der Waals surface area contributed by atoms with Crippen LogP contribution in [0.4, 0.5) is 8.78 Å². The number of halogens is 2. The van der Waals surface area contributed by atoms with Crippen molar-refractivity contribution in [1.29, 1.82) is 0 Å². The van der Waals surface area contributed by atoms with Gasteiger partial charge in [-0.1, -0.05) is 30.3 Å². The summed E-state index contributed by atoms with van der Waals surface area (Å²) in [5.74, 6) is -4.74. The van der Waals surface area contributed by atoms with Crippen molar-refractivity contribution in [3.05, 3.63) is 65.7 Å². The lowest BCUT2D eigenvalue weighted by molar-refractivity contribution is -0.141. The van der Waals surface area contributed by atoms with E-state index in [0.29, 0.717) is 0 Å². The van der Waals surface area contributed by atoms with Crippen LogP contribution in [0.25, 0.3) is 0 Å². The quantitative estimate of drug-likeness (QED) is 0.671. The van der Waals surface area contributed by atoms with E-state index in [-0.39, 0.29) is 18.7 Å². The fourth-order valence-corrected chi connectivity index (χ4v) is 3.02. The number of ether oxygens (including phenoxy) is 1. The molecule has 0 saturated carbocycles. The SMILES string of the molecule is COC(=O)CN(Cc1ccccc1)C(=O)c1ccc(S(=O)(=O)C(F)F)cc1. The maximum atomic E-state index is 12.7. The minimum absolute atomic E-state index is 0.0584. The van der Waals surface area contributed by atoms with E-state index < -0.39 is 32.4 Å². The van der Waals surface area contributed by atoms with E-state index in [2.05, 4.69) is 4.74 Å². The predicted molar refractivity (Wildman–Crippen MR) is 92.8 cm³/mol. The molecule has 0 radical (unpaired) electrons. The molecule has 0 unspecified atom stereocenters. The second kappa shape index (κ2) is 8.72. The Bertz CT molecular complexity index is 899. The molecule has 27 heavy (non-hydrogen) atoms. The molecule has 0 atom stereocenters. The second-order valence-corrected chi connectivity index (χ2v) is 7.47. The number of esters is 1. The van der Waals surface area contributed by atoms with Gasteiger partial charge >= 0.3 is 11.7 Å². The summed E-state index contributed by atoms with van der Waals surface area (Å²) in [6.45, 7) is -0.201. The number of amides is 1. The summed E-state index contributed by atoms with van der Waals surface area (Å²) in [4.78, 5) is 25.0. The van der Waals surface area contributed by atoms with Gasteiger partial charge in [0.2, 0.25) is 9.84 Å². The number of hydrogen-bond acceptors (Lipinski definition) is 5. The van der Waals surface area contributed by atoms with E-state index in [0.717, 1.165) is 29.8 Å². The summed E-state index contributed by atoms with van der Waals surface area (Å²) in [6.07, 6.45) is 0. The summed E-state index contributed by atoms with van der Waals surface area (Å²) in [7, 11) is -3.55. The van der Waals surface area contributed by atoms with Crippen molar-refractivity contribution in [2.75, 3.05) is 13.7 Å². The van der Waals surface area contributed by atoms with Gasteiger partial charge in [0.15, 0.2) is 0 Å². The van der Waals surface area contributed by atoms with Crippen LogP contribution >= 0.6 is 0 Å². The van der Waals surface area contributed by atoms with Crippen molar-refractivity contribution in [3.8, 4) is 0 Å². The van der Waals surface area contributed by atoms with E-state index in [9.17, 15) is 26.8 Å². The highest BCUT2D eigenvalue weighted by atomic mass is 32.2. The van der Waals surface area contributed by atoms with Gasteiger partial charge < -0.3 is 9.64 Å². The first-order valence-corrected chi connectivity index (χ1v) is 9.32. The lowest BCUT2D eigenvalue weighted by Gasteiger charge is -2.22. The Morgan fingerprint density at radius 1 is 1.04 bits per heavy atom. The van der Waals surface area contributed by atoms with Gasteiger partial charge in [-0.3, -0.25) is 9.59 Å². The first kappa shape index (κ1) is 20.5. The lowest BCUT2D eigenvalue weighted by Crippen LogP contribution is -2.35. The monoisotopic (exact) mass is 397 g/mol. The number of carbonyl (C=O) groups is 2. The number of hydrogen-bond donors (Lipinski definition) is 0. The fraction of sp³-hybridized carbons (Fsp3) is 0.222. The Labute approximate surface area is 155 Å². The third kappa shape index (κ3) is 5.10.